The van der Waals surface area contributed by atoms with Gasteiger partial charge in [-0.05, 0) is 141 Å². The molecule has 0 heteroatoms. The minimum Gasteiger partial charge on any atom is -0.0776 e. The smallest absolute Gasteiger partial charge is 0.0163 e. The lowest BCUT2D eigenvalue weighted by atomic mass is 9.92. The first-order valence-electron chi connectivity index (χ1n) is 9.75. The van der Waals surface area contributed by atoms with Gasteiger partial charge in [0.05, 0.1) is 0 Å². The highest BCUT2D eigenvalue weighted by Crippen LogP contribution is 2.16. The molecule has 1 rings (SSSR count). The van der Waals surface area contributed by atoms with Gasteiger partial charge in [-0.1, -0.05) is 37.1 Å². The van der Waals surface area contributed by atoms with Crippen LogP contribution in [0.3, 0.4) is 0 Å². The Hall–Kier alpha value is -1.56. The van der Waals surface area contributed by atoms with Crippen molar-refractivity contribution in [2.45, 2.75) is 112 Å². The fraction of sp³-hybridized carbons (Fsp3) is 0.571. The summed E-state index contributed by atoms with van der Waals surface area (Å²) in [4.78, 5) is 0. The largest absolute Gasteiger partial charge is 0.0776 e. The highest BCUT2D eigenvalue weighted by Gasteiger charge is 2.07. The predicted molar refractivity (Wildman–Crippen MR) is 136 cm³/mol. The van der Waals surface area contributed by atoms with Crippen LogP contribution in [0.25, 0.3) is 11.1 Å². The molecule has 0 bridgehead atoms. The van der Waals surface area contributed by atoms with Crippen molar-refractivity contribution in [2.75, 3.05) is 0 Å². The summed E-state index contributed by atoms with van der Waals surface area (Å²) in [5, 5.41) is 2.92. The van der Waals surface area contributed by atoms with Crippen LogP contribution in [0.1, 0.15) is 106 Å². The molecule has 1 aromatic carbocycles. The van der Waals surface area contributed by atoms with E-state index >= 15 is 0 Å². The first kappa shape index (κ1) is 31.1. The fourth-order valence-electron chi connectivity index (χ4n) is 3.31. The van der Waals surface area contributed by atoms with Gasteiger partial charge in [0.25, 0.3) is 0 Å². The van der Waals surface area contributed by atoms with Crippen molar-refractivity contribution < 1.29 is 0 Å². The van der Waals surface area contributed by atoms with Crippen LogP contribution < -0.4 is 10.4 Å². The van der Waals surface area contributed by atoms with Crippen molar-refractivity contribution in [1.82, 2.24) is 0 Å². The molecular formula is C28H50. The number of hydrogen-bond acceptors (Lipinski definition) is 0. The summed E-state index contributed by atoms with van der Waals surface area (Å²) in [5.41, 5.74) is 14.3. The van der Waals surface area contributed by atoms with Gasteiger partial charge in [0.1, 0.15) is 0 Å². The molecule has 0 fully saturated rings. The maximum atomic E-state index is 2.25. The van der Waals surface area contributed by atoms with Crippen molar-refractivity contribution in [1.29, 1.82) is 0 Å². The normalized spacial score (nSPS) is 9.21. The van der Waals surface area contributed by atoms with E-state index in [4.69, 9.17) is 0 Å². The Morgan fingerprint density at radius 1 is 0.393 bits per heavy atom. The van der Waals surface area contributed by atoms with Gasteiger partial charge in [0.15, 0.2) is 0 Å². The van der Waals surface area contributed by atoms with E-state index in [1.165, 1.54) is 66.1 Å². The molecule has 0 spiro atoms. The monoisotopic (exact) mass is 386 g/mol. The second kappa shape index (κ2) is 12.8. The number of benzene rings is 1. The van der Waals surface area contributed by atoms with E-state index in [1.807, 2.05) is 0 Å². The van der Waals surface area contributed by atoms with Crippen LogP contribution in [-0.4, -0.2) is 0 Å². The van der Waals surface area contributed by atoms with Crippen LogP contribution in [-0.2, 0) is 0 Å². The molecule has 0 aliphatic carbocycles. The summed E-state index contributed by atoms with van der Waals surface area (Å²) in [7, 11) is 0. The second-order valence-electron chi connectivity index (χ2n) is 8.50. The van der Waals surface area contributed by atoms with Crippen LogP contribution in [0, 0.1) is 27.7 Å². The van der Waals surface area contributed by atoms with E-state index in [9.17, 15) is 0 Å². The highest BCUT2D eigenvalue weighted by atomic mass is 14.1. The molecule has 0 atom stereocenters. The summed E-state index contributed by atoms with van der Waals surface area (Å²) in [6, 6.07) is 0. The molecule has 1 aromatic rings. The molecule has 0 saturated carbocycles. The summed E-state index contributed by atoms with van der Waals surface area (Å²) < 4.78 is 0. The molecule has 0 amide bonds. The molecule has 0 heterocycles. The van der Waals surface area contributed by atoms with Gasteiger partial charge in [0.2, 0.25) is 0 Å². The molecule has 0 radical (unpaired) electrons. The van der Waals surface area contributed by atoms with E-state index < -0.39 is 0 Å². The van der Waals surface area contributed by atoms with Gasteiger partial charge in [-0.25, -0.2) is 0 Å². The number of allylic oxidation sites excluding steroid dienone is 4. The van der Waals surface area contributed by atoms with Crippen LogP contribution >= 0.6 is 0 Å². The minimum absolute atomic E-state index is 0. The molecule has 162 valence electrons. The minimum atomic E-state index is 0. The second-order valence-corrected chi connectivity index (χ2v) is 8.50. The Bertz CT molecular complexity index is 764. The van der Waals surface area contributed by atoms with Crippen molar-refractivity contribution in [2.24, 2.45) is 0 Å². The predicted octanol–water partition coefficient (Wildman–Crippen LogP) is 8.27. The highest BCUT2D eigenvalue weighted by molar-refractivity contribution is 5.54. The average molecular weight is 387 g/mol. The Balaban J connectivity index is -0.000000458. The average Bonchev–Trinajstić information content (AvgIpc) is 2.54. The Labute approximate surface area is 178 Å². The quantitative estimate of drug-likeness (QED) is 0.426. The van der Waals surface area contributed by atoms with Crippen LogP contribution in [0.5, 0.6) is 0 Å². The Morgan fingerprint density at radius 2 is 0.607 bits per heavy atom. The van der Waals surface area contributed by atoms with Crippen molar-refractivity contribution in [3.63, 3.8) is 0 Å². The lowest BCUT2D eigenvalue weighted by Gasteiger charge is -2.13. The summed E-state index contributed by atoms with van der Waals surface area (Å²) in [6.45, 7) is 30.8. The maximum Gasteiger partial charge on any atom is -0.0163 e. The summed E-state index contributed by atoms with van der Waals surface area (Å²) >= 11 is 0. The lowest BCUT2D eigenvalue weighted by molar-refractivity contribution is 1.15. The standard InChI is InChI=1S/C16H24.C10H18.2CH4/c1-9(2)15-13(7)11(5)12(6)14(8)16(15)10(3)4;1-7(2)9(5)10(6)8(3)4;;/h1-8H3;1-6H3;2*1H4. The van der Waals surface area contributed by atoms with Crippen LogP contribution in [0.2, 0.25) is 0 Å². The van der Waals surface area contributed by atoms with E-state index in [-0.39, 0.29) is 14.9 Å². The van der Waals surface area contributed by atoms with Gasteiger partial charge in [-0.3, -0.25) is 0 Å². The van der Waals surface area contributed by atoms with E-state index in [0.29, 0.717) is 0 Å². The third-order valence-electron chi connectivity index (χ3n) is 5.75. The molecule has 0 aliphatic rings. The molecule has 0 aromatic heterocycles. The van der Waals surface area contributed by atoms with Gasteiger partial charge in [-0.2, -0.15) is 0 Å². The van der Waals surface area contributed by atoms with E-state index in [0.717, 1.165) is 0 Å². The molecular weight excluding hydrogens is 336 g/mol. The Morgan fingerprint density at radius 3 is 0.750 bits per heavy atom. The summed E-state index contributed by atoms with van der Waals surface area (Å²) in [6.07, 6.45) is 0. The Kier molecular flexibility index (Phi) is 14.3. The first-order chi connectivity index (χ1) is 11.7. The SMILES string of the molecule is C.C.CC(C)=C(C)C(C)=C(C)C.CC(C)=c1c(C)c(C)c(C)c(C)c1=C(C)C. The van der Waals surface area contributed by atoms with Crippen LogP contribution in [0.4, 0.5) is 0 Å². The third-order valence-corrected chi connectivity index (χ3v) is 5.75. The van der Waals surface area contributed by atoms with E-state index in [2.05, 4.69) is 96.9 Å². The van der Waals surface area contributed by atoms with Gasteiger partial charge < -0.3 is 0 Å². The van der Waals surface area contributed by atoms with Crippen molar-refractivity contribution >= 4 is 11.1 Å². The zero-order chi connectivity index (χ0) is 20.9. The molecule has 28 heavy (non-hydrogen) atoms. The molecule has 0 saturated heterocycles. The third kappa shape index (κ3) is 7.46. The van der Waals surface area contributed by atoms with Gasteiger partial charge in [-0.15, -0.1) is 0 Å². The molecule has 0 N–H and O–H groups in total. The number of hydrogen-bond donors (Lipinski definition) is 0. The van der Waals surface area contributed by atoms with Gasteiger partial charge >= 0.3 is 0 Å². The van der Waals surface area contributed by atoms with E-state index in [1.54, 1.807) is 0 Å². The van der Waals surface area contributed by atoms with Gasteiger partial charge in [0, 0.05) is 0 Å². The zero-order valence-corrected chi connectivity index (χ0v) is 20.0. The van der Waals surface area contributed by atoms with Crippen molar-refractivity contribution in [3.8, 4) is 0 Å². The van der Waals surface area contributed by atoms with Crippen LogP contribution in [0.15, 0.2) is 22.3 Å². The fourth-order valence-corrected chi connectivity index (χ4v) is 3.31. The first-order valence-corrected chi connectivity index (χ1v) is 9.75. The van der Waals surface area contributed by atoms with Crippen molar-refractivity contribution in [3.05, 3.63) is 55.0 Å². The maximum absolute atomic E-state index is 2.25. The molecule has 0 unspecified atom stereocenters. The number of rotatable bonds is 1. The topological polar surface area (TPSA) is 0 Å². The molecule has 0 aliphatic heterocycles. The lowest BCUT2D eigenvalue weighted by Crippen LogP contribution is -2.34. The summed E-state index contributed by atoms with van der Waals surface area (Å²) in [5.74, 6) is 0. The zero-order valence-electron chi connectivity index (χ0n) is 20.0. The molecule has 0 nitrogen and oxygen atoms in total.